The molecule has 0 aliphatic heterocycles. The summed E-state index contributed by atoms with van der Waals surface area (Å²) in [5.74, 6) is -3.42. The highest BCUT2D eigenvalue weighted by Crippen LogP contribution is 2.32. The first kappa shape index (κ1) is 28.5. The van der Waals surface area contributed by atoms with Gasteiger partial charge in [-0.3, -0.25) is 0 Å². The number of rotatable bonds is 8. The van der Waals surface area contributed by atoms with Crippen molar-refractivity contribution in [1.82, 2.24) is 0 Å². The zero-order valence-electron chi connectivity index (χ0n) is 20.3. The Bertz CT molecular complexity index is 1340. The molecule has 0 fully saturated rings. The van der Waals surface area contributed by atoms with Gasteiger partial charge in [0.1, 0.15) is 11.5 Å². The van der Waals surface area contributed by atoms with Gasteiger partial charge in [-0.05, 0) is 70.8 Å². The van der Waals surface area contributed by atoms with Crippen LogP contribution in [0.2, 0.25) is 0 Å². The maximum Gasteiger partial charge on any atom is 0.573 e. The van der Waals surface area contributed by atoms with Gasteiger partial charge < -0.3 is 18.9 Å². The van der Waals surface area contributed by atoms with E-state index < -0.39 is 42.1 Å². The van der Waals surface area contributed by atoms with Crippen molar-refractivity contribution >= 4 is 0 Å². The fraction of sp³-hybridized carbons (Fsp3) is 0.143. The Morgan fingerprint density at radius 3 is 1.12 bits per heavy atom. The highest BCUT2D eigenvalue weighted by atomic mass is 19.4. The number of alkyl halides is 6. The summed E-state index contributed by atoms with van der Waals surface area (Å²) in [4.78, 5) is 0. The van der Waals surface area contributed by atoms with Gasteiger partial charge in [-0.2, -0.15) is 0 Å². The van der Waals surface area contributed by atoms with Crippen LogP contribution in [0.5, 0.6) is 23.0 Å². The van der Waals surface area contributed by atoms with Crippen LogP contribution in [-0.2, 0) is 0 Å². The minimum Gasteiger partial charge on any atom is -0.455 e. The van der Waals surface area contributed by atoms with E-state index in [0.717, 1.165) is 24.3 Å². The van der Waals surface area contributed by atoms with Gasteiger partial charge in [0.2, 0.25) is 6.29 Å². The van der Waals surface area contributed by atoms with Crippen molar-refractivity contribution in [3.05, 3.63) is 96.6 Å². The Balaban J connectivity index is 1.35. The highest BCUT2D eigenvalue weighted by Gasteiger charge is 2.33. The van der Waals surface area contributed by atoms with Crippen LogP contribution in [0.1, 0.15) is 6.92 Å². The smallest absolute Gasteiger partial charge is 0.455 e. The standard InChI is InChI=1S/C28H18F8O4/c1-16(37-21-8-2-17(3-9-21)19-6-12-25(23(29)14-19)39-27(31,32)33)38-22-10-4-18(5-11-22)20-7-13-26(24(30)15-20)40-28(34,35)36/h2-16H,1H3. The molecule has 0 aliphatic rings. The van der Waals surface area contributed by atoms with Crippen LogP contribution in [-0.4, -0.2) is 19.0 Å². The van der Waals surface area contributed by atoms with Crippen molar-refractivity contribution < 1.29 is 54.1 Å². The second kappa shape index (κ2) is 11.3. The molecule has 0 aromatic heterocycles. The first-order valence-electron chi connectivity index (χ1n) is 11.4. The molecule has 12 heteroatoms. The molecule has 0 heterocycles. The molecule has 0 radical (unpaired) electrons. The maximum atomic E-state index is 14.0. The van der Waals surface area contributed by atoms with Gasteiger partial charge >= 0.3 is 12.7 Å². The summed E-state index contributed by atoms with van der Waals surface area (Å²) in [7, 11) is 0. The summed E-state index contributed by atoms with van der Waals surface area (Å²) in [6.07, 6.45) is -10.8. The third-order valence-corrected chi connectivity index (χ3v) is 5.29. The number of benzene rings is 4. The van der Waals surface area contributed by atoms with E-state index in [1.807, 2.05) is 0 Å². The summed E-state index contributed by atoms with van der Waals surface area (Å²) in [5, 5.41) is 0. The molecule has 4 aromatic rings. The van der Waals surface area contributed by atoms with Gasteiger partial charge in [0.25, 0.3) is 0 Å². The summed E-state index contributed by atoms with van der Waals surface area (Å²) in [5.41, 5.74) is 1.68. The first-order valence-corrected chi connectivity index (χ1v) is 11.4. The minimum absolute atomic E-state index is 0.324. The number of hydrogen-bond acceptors (Lipinski definition) is 4. The Labute approximate surface area is 222 Å². The van der Waals surface area contributed by atoms with E-state index in [4.69, 9.17) is 9.47 Å². The zero-order chi connectivity index (χ0) is 29.1. The van der Waals surface area contributed by atoms with Crippen LogP contribution in [0.25, 0.3) is 22.3 Å². The number of ether oxygens (including phenoxy) is 4. The summed E-state index contributed by atoms with van der Waals surface area (Å²) >= 11 is 0. The topological polar surface area (TPSA) is 36.9 Å². The zero-order valence-corrected chi connectivity index (χ0v) is 20.3. The Hall–Kier alpha value is -4.48. The van der Waals surface area contributed by atoms with Gasteiger partial charge in [0, 0.05) is 6.92 Å². The average Bonchev–Trinajstić information content (AvgIpc) is 2.86. The molecule has 0 amide bonds. The Morgan fingerprint density at radius 2 is 0.825 bits per heavy atom. The fourth-order valence-corrected chi connectivity index (χ4v) is 3.63. The number of halogens is 8. The molecule has 0 spiro atoms. The van der Waals surface area contributed by atoms with Crippen LogP contribution < -0.4 is 18.9 Å². The summed E-state index contributed by atoms with van der Waals surface area (Å²) in [6.45, 7) is 1.62. The molecule has 40 heavy (non-hydrogen) atoms. The monoisotopic (exact) mass is 570 g/mol. The molecule has 0 bridgehead atoms. The summed E-state index contributed by atoms with van der Waals surface area (Å²) < 4.78 is 121. The predicted octanol–water partition coefficient (Wildman–Crippen LogP) is 8.90. The van der Waals surface area contributed by atoms with E-state index in [-0.39, 0.29) is 0 Å². The third kappa shape index (κ3) is 7.78. The lowest BCUT2D eigenvalue weighted by molar-refractivity contribution is -0.276. The molecule has 4 aromatic carbocycles. The molecule has 0 aliphatic carbocycles. The molecule has 0 saturated heterocycles. The Morgan fingerprint density at radius 1 is 0.500 bits per heavy atom. The van der Waals surface area contributed by atoms with E-state index in [9.17, 15) is 35.1 Å². The second-order valence-corrected chi connectivity index (χ2v) is 8.24. The van der Waals surface area contributed by atoms with Gasteiger partial charge in [0.05, 0.1) is 0 Å². The van der Waals surface area contributed by atoms with Crippen molar-refractivity contribution in [2.24, 2.45) is 0 Å². The molecule has 4 nitrogen and oxygen atoms in total. The van der Waals surface area contributed by atoms with Gasteiger partial charge in [0.15, 0.2) is 23.1 Å². The Kier molecular flexibility index (Phi) is 8.08. The number of hydrogen-bond donors (Lipinski definition) is 0. The molecular formula is C28H18F8O4. The first-order chi connectivity index (χ1) is 18.8. The van der Waals surface area contributed by atoms with E-state index in [0.29, 0.717) is 33.8 Å². The van der Waals surface area contributed by atoms with Crippen LogP contribution in [0, 0.1) is 11.6 Å². The van der Waals surface area contributed by atoms with Crippen molar-refractivity contribution in [3.8, 4) is 45.3 Å². The lowest BCUT2D eigenvalue weighted by Crippen LogP contribution is -2.19. The highest BCUT2D eigenvalue weighted by molar-refractivity contribution is 5.66. The minimum atomic E-state index is -5.01. The largest absolute Gasteiger partial charge is 0.573 e. The van der Waals surface area contributed by atoms with E-state index in [1.165, 1.54) is 12.1 Å². The predicted molar refractivity (Wildman–Crippen MR) is 128 cm³/mol. The molecule has 0 N–H and O–H groups in total. The van der Waals surface area contributed by atoms with Crippen molar-refractivity contribution in [3.63, 3.8) is 0 Å². The van der Waals surface area contributed by atoms with Gasteiger partial charge in [-0.15, -0.1) is 26.3 Å². The van der Waals surface area contributed by atoms with Crippen LogP contribution in [0.4, 0.5) is 35.1 Å². The van der Waals surface area contributed by atoms with E-state index >= 15 is 0 Å². The fourth-order valence-electron chi connectivity index (χ4n) is 3.63. The van der Waals surface area contributed by atoms with Crippen LogP contribution in [0.15, 0.2) is 84.9 Å². The molecule has 0 unspecified atom stereocenters. The molecule has 0 atom stereocenters. The van der Waals surface area contributed by atoms with Crippen molar-refractivity contribution in [2.75, 3.05) is 0 Å². The molecular weight excluding hydrogens is 552 g/mol. The van der Waals surface area contributed by atoms with Crippen LogP contribution in [0.3, 0.4) is 0 Å². The molecule has 0 saturated carbocycles. The second-order valence-electron chi connectivity index (χ2n) is 8.24. The van der Waals surface area contributed by atoms with Gasteiger partial charge in [-0.25, -0.2) is 8.78 Å². The van der Waals surface area contributed by atoms with Crippen molar-refractivity contribution in [2.45, 2.75) is 25.9 Å². The van der Waals surface area contributed by atoms with Crippen LogP contribution >= 0.6 is 0 Å². The summed E-state index contributed by atoms with van der Waals surface area (Å²) in [6, 6.07) is 18.8. The van der Waals surface area contributed by atoms with Crippen molar-refractivity contribution in [1.29, 1.82) is 0 Å². The lowest BCUT2D eigenvalue weighted by Gasteiger charge is -2.17. The molecule has 4 rings (SSSR count). The average molecular weight is 570 g/mol. The molecule has 210 valence electrons. The van der Waals surface area contributed by atoms with E-state index in [1.54, 1.807) is 55.5 Å². The van der Waals surface area contributed by atoms with Gasteiger partial charge in [-0.1, -0.05) is 36.4 Å². The quantitative estimate of drug-likeness (QED) is 0.157. The normalized spacial score (nSPS) is 11.8. The maximum absolute atomic E-state index is 14.0. The lowest BCUT2D eigenvalue weighted by atomic mass is 10.1. The van der Waals surface area contributed by atoms with E-state index in [2.05, 4.69) is 9.47 Å². The third-order valence-electron chi connectivity index (χ3n) is 5.29. The SMILES string of the molecule is CC(Oc1ccc(-c2ccc(OC(F)(F)F)c(F)c2)cc1)Oc1ccc(-c2ccc(OC(F)(F)F)c(F)c2)cc1.